The average Bonchev–Trinajstić information content (AvgIpc) is 2.72. The molecule has 1 saturated heterocycles. The number of halogens is 6. The Morgan fingerprint density at radius 2 is 1.58 bits per heavy atom. The van der Waals surface area contributed by atoms with Gasteiger partial charge in [0.15, 0.2) is 6.29 Å². The predicted octanol–water partition coefficient (Wildman–Crippen LogP) is 6.62. The van der Waals surface area contributed by atoms with Crippen LogP contribution in [0.1, 0.15) is 34.6 Å². The molecular formula is C23H22F6O2. The molecule has 0 amide bonds. The van der Waals surface area contributed by atoms with Gasteiger partial charge in [-0.1, -0.05) is 36.4 Å². The van der Waals surface area contributed by atoms with Crippen molar-refractivity contribution in [2.45, 2.75) is 37.4 Å². The van der Waals surface area contributed by atoms with Crippen LogP contribution in [0.15, 0.2) is 61.2 Å². The Morgan fingerprint density at radius 1 is 0.968 bits per heavy atom. The molecule has 3 atom stereocenters. The van der Waals surface area contributed by atoms with E-state index in [0.717, 1.165) is 24.1 Å². The lowest BCUT2D eigenvalue weighted by atomic mass is 9.82. The molecule has 0 aliphatic carbocycles. The molecule has 0 N–H and O–H groups in total. The normalized spacial score (nSPS) is 22.3. The zero-order valence-electron chi connectivity index (χ0n) is 16.5. The molecule has 0 bridgehead atoms. The summed E-state index contributed by atoms with van der Waals surface area (Å²) >= 11 is 0. The Hall–Kier alpha value is -2.32. The minimum absolute atomic E-state index is 0.0755. The van der Waals surface area contributed by atoms with Crippen LogP contribution in [-0.4, -0.2) is 19.5 Å². The largest absolute Gasteiger partial charge is 0.416 e. The van der Waals surface area contributed by atoms with E-state index < -0.39 is 29.8 Å². The molecule has 31 heavy (non-hydrogen) atoms. The Bertz CT molecular complexity index is 844. The molecule has 3 rings (SSSR count). The van der Waals surface area contributed by atoms with Crippen molar-refractivity contribution in [3.8, 4) is 0 Å². The van der Waals surface area contributed by atoms with E-state index in [2.05, 4.69) is 6.58 Å². The van der Waals surface area contributed by atoms with Gasteiger partial charge in [0.05, 0.1) is 24.3 Å². The maximum atomic E-state index is 13.0. The molecule has 2 aromatic carbocycles. The van der Waals surface area contributed by atoms with Crippen molar-refractivity contribution < 1.29 is 35.8 Å². The molecular weight excluding hydrogens is 422 g/mol. The van der Waals surface area contributed by atoms with Crippen molar-refractivity contribution in [3.63, 3.8) is 0 Å². The molecule has 0 spiro atoms. The molecule has 168 valence electrons. The lowest BCUT2D eigenvalue weighted by molar-refractivity contribution is -0.182. The molecule has 2 nitrogen and oxygen atoms in total. The van der Waals surface area contributed by atoms with Crippen LogP contribution < -0.4 is 0 Å². The quantitative estimate of drug-likeness (QED) is 0.369. The van der Waals surface area contributed by atoms with Crippen LogP contribution in [0.5, 0.6) is 0 Å². The molecule has 1 aliphatic rings. The Labute approximate surface area is 176 Å². The molecule has 0 unspecified atom stereocenters. The summed E-state index contributed by atoms with van der Waals surface area (Å²) in [6.07, 6.45) is -7.98. The van der Waals surface area contributed by atoms with Gasteiger partial charge in [-0.15, -0.1) is 6.58 Å². The van der Waals surface area contributed by atoms with E-state index >= 15 is 0 Å². The van der Waals surface area contributed by atoms with Crippen LogP contribution in [-0.2, 0) is 28.2 Å². The van der Waals surface area contributed by atoms with Gasteiger partial charge in [0.2, 0.25) is 0 Å². The van der Waals surface area contributed by atoms with Gasteiger partial charge in [0, 0.05) is 5.92 Å². The zero-order chi connectivity index (χ0) is 22.6. The Morgan fingerprint density at radius 3 is 2.13 bits per heavy atom. The highest BCUT2D eigenvalue weighted by atomic mass is 19.4. The van der Waals surface area contributed by atoms with Crippen molar-refractivity contribution in [1.29, 1.82) is 0 Å². The van der Waals surface area contributed by atoms with Crippen molar-refractivity contribution in [3.05, 3.63) is 83.4 Å². The summed E-state index contributed by atoms with van der Waals surface area (Å²) in [5.41, 5.74) is -1.80. The molecule has 0 radical (unpaired) electrons. The van der Waals surface area contributed by atoms with E-state index in [1.165, 1.54) is 0 Å². The number of ether oxygens (including phenoxy) is 2. The van der Waals surface area contributed by atoms with Crippen molar-refractivity contribution in [2.24, 2.45) is 5.92 Å². The fourth-order valence-corrected chi connectivity index (χ4v) is 3.76. The first-order valence-electron chi connectivity index (χ1n) is 9.78. The first kappa shape index (κ1) is 23.3. The van der Waals surface area contributed by atoms with E-state index in [1.807, 2.05) is 36.4 Å². The minimum Gasteiger partial charge on any atom is -0.352 e. The highest BCUT2D eigenvalue weighted by Gasteiger charge is 2.37. The van der Waals surface area contributed by atoms with E-state index in [9.17, 15) is 26.3 Å². The number of hydrogen-bond donors (Lipinski definition) is 0. The summed E-state index contributed by atoms with van der Waals surface area (Å²) in [5, 5.41) is 0. The Kier molecular flexibility index (Phi) is 7.11. The molecule has 1 heterocycles. The van der Waals surface area contributed by atoms with Gasteiger partial charge >= 0.3 is 12.4 Å². The predicted molar refractivity (Wildman–Crippen MR) is 103 cm³/mol. The monoisotopic (exact) mass is 444 g/mol. The van der Waals surface area contributed by atoms with Gasteiger partial charge in [-0.3, -0.25) is 0 Å². The SMILES string of the molecule is C=C[C@@H]1CCO[C@H](OCCc2cc(C(F)(F)F)cc(C(F)(F)F)c2)[C@H]1c1ccccc1. The van der Waals surface area contributed by atoms with E-state index in [1.54, 1.807) is 0 Å². The molecule has 1 fully saturated rings. The molecule has 0 aromatic heterocycles. The average molecular weight is 444 g/mol. The van der Waals surface area contributed by atoms with E-state index in [-0.39, 0.29) is 36.5 Å². The second kappa shape index (κ2) is 9.44. The topological polar surface area (TPSA) is 18.5 Å². The highest BCUT2D eigenvalue weighted by molar-refractivity contribution is 5.33. The highest BCUT2D eigenvalue weighted by Crippen LogP contribution is 2.38. The summed E-state index contributed by atoms with van der Waals surface area (Å²) in [4.78, 5) is 0. The third-order valence-electron chi connectivity index (χ3n) is 5.30. The van der Waals surface area contributed by atoms with Gasteiger partial charge in [0.25, 0.3) is 0 Å². The summed E-state index contributed by atoms with van der Waals surface area (Å²) in [6, 6.07) is 11.0. The van der Waals surface area contributed by atoms with Crippen LogP contribution in [0.25, 0.3) is 0 Å². The maximum absolute atomic E-state index is 13.0. The van der Waals surface area contributed by atoms with Crippen molar-refractivity contribution in [2.75, 3.05) is 13.2 Å². The number of allylic oxidation sites excluding steroid dienone is 1. The lowest BCUT2D eigenvalue weighted by Crippen LogP contribution is -2.36. The van der Waals surface area contributed by atoms with Gasteiger partial charge < -0.3 is 9.47 Å². The lowest BCUT2D eigenvalue weighted by Gasteiger charge is -2.37. The molecule has 2 aromatic rings. The smallest absolute Gasteiger partial charge is 0.352 e. The second-order valence-corrected chi connectivity index (χ2v) is 7.40. The molecule has 0 saturated carbocycles. The minimum atomic E-state index is -4.88. The first-order chi connectivity index (χ1) is 14.6. The fourth-order valence-electron chi connectivity index (χ4n) is 3.76. The summed E-state index contributed by atoms with van der Waals surface area (Å²) in [7, 11) is 0. The molecule has 1 aliphatic heterocycles. The summed E-state index contributed by atoms with van der Waals surface area (Å²) in [6.45, 7) is 4.20. The second-order valence-electron chi connectivity index (χ2n) is 7.40. The van der Waals surface area contributed by atoms with Gasteiger partial charge in [-0.25, -0.2) is 0 Å². The van der Waals surface area contributed by atoms with Crippen LogP contribution in [0.2, 0.25) is 0 Å². The third kappa shape index (κ3) is 5.89. The van der Waals surface area contributed by atoms with Crippen LogP contribution in [0.3, 0.4) is 0 Å². The van der Waals surface area contributed by atoms with Crippen LogP contribution >= 0.6 is 0 Å². The van der Waals surface area contributed by atoms with E-state index in [0.29, 0.717) is 6.61 Å². The Balaban J connectivity index is 1.76. The number of hydrogen-bond acceptors (Lipinski definition) is 2. The first-order valence-corrected chi connectivity index (χ1v) is 9.78. The van der Waals surface area contributed by atoms with Crippen molar-refractivity contribution >= 4 is 0 Å². The number of rotatable bonds is 6. The summed E-state index contributed by atoms with van der Waals surface area (Å²) < 4.78 is 89.8. The van der Waals surface area contributed by atoms with Gasteiger partial charge in [0.1, 0.15) is 0 Å². The van der Waals surface area contributed by atoms with Gasteiger partial charge in [-0.05, 0) is 48.1 Å². The van der Waals surface area contributed by atoms with Crippen LogP contribution in [0.4, 0.5) is 26.3 Å². The number of benzene rings is 2. The van der Waals surface area contributed by atoms with Crippen molar-refractivity contribution in [1.82, 2.24) is 0 Å². The summed E-state index contributed by atoms with van der Waals surface area (Å²) in [5.74, 6) is -0.0914. The van der Waals surface area contributed by atoms with E-state index in [4.69, 9.17) is 9.47 Å². The zero-order valence-corrected chi connectivity index (χ0v) is 16.5. The third-order valence-corrected chi connectivity index (χ3v) is 5.30. The maximum Gasteiger partial charge on any atom is 0.416 e. The van der Waals surface area contributed by atoms with Crippen LogP contribution in [0, 0.1) is 5.92 Å². The van der Waals surface area contributed by atoms with Gasteiger partial charge in [-0.2, -0.15) is 26.3 Å². The standard InChI is InChI=1S/C23H22F6O2/c1-2-16-9-11-31-21(20(16)17-6-4-3-5-7-17)30-10-8-15-12-18(22(24,25)26)14-19(13-15)23(27,28)29/h2-7,12-14,16,20-21H,1,8-11H2/t16-,20-,21+/m1/s1. The molecule has 8 heteroatoms. The number of alkyl halides is 6. The fraction of sp³-hybridized carbons (Fsp3) is 0.391.